The number of nitrogens with zero attached hydrogens (tertiary/aromatic N) is 1. The predicted molar refractivity (Wildman–Crippen MR) is 118 cm³/mol. The lowest BCUT2D eigenvalue weighted by atomic mass is 10.1. The molecule has 0 atom stereocenters. The zero-order chi connectivity index (χ0) is 20.5. The molecule has 29 heavy (non-hydrogen) atoms. The Hall–Kier alpha value is -3.12. The molecule has 0 unspecified atom stereocenters. The summed E-state index contributed by atoms with van der Waals surface area (Å²) < 4.78 is 12.0. The van der Waals surface area contributed by atoms with Crippen molar-refractivity contribution in [3.8, 4) is 22.6 Å². The highest BCUT2D eigenvalue weighted by Gasteiger charge is 2.04. The van der Waals surface area contributed by atoms with Gasteiger partial charge in [-0.3, -0.25) is 4.79 Å². The number of benzene rings is 3. The number of hydrogen-bond acceptors (Lipinski definition) is 4. The highest BCUT2D eigenvalue weighted by atomic mass is 79.9. The van der Waals surface area contributed by atoms with Crippen LogP contribution in [0, 0.1) is 0 Å². The molecule has 1 amide bonds. The maximum absolute atomic E-state index is 12.0. The Balaban J connectivity index is 1.51. The number of carbonyl (C=O) groups excluding carboxylic acids is 1. The van der Waals surface area contributed by atoms with Gasteiger partial charge in [-0.15, -0.1) is 0 Å². The van der Waals surface area contributed by atoms with E-state index in [1.54, 1.807) is 6.21 Å². The van der Waals surface area contributed by atoms with E-state index in [4.69, 9.17) is 9.47 Å². The second-order valence-corrected chi connectivity index (χ2v) is 7.00. The number of hydrazone groups is 1. The number of rotatable bonds is 8. The molecule has 0 spiro atoms. The molecule has 0 aliphatic rings. The second kappa shape index (κ2) is 10.4. The van der Waals surface area contributed by atoms with Crippen molar-refractivity contribution in [2.45, 2.75) is 6.92 Å². The van der Waals surface area contributed by atoms with Crippen LogP contribution in [-0.2, 0) is 4.79 Å². The zero-order valence-electron chi connectivity index (χ0n) is 16.0. The van der Waals surface area contributed by atoms with E-state index in [2.05, 4.69) is 26.5 Å². The fraction of sp³-hybridized carbons (Fsp3) is 0.130. The third-order valence-corrected chi connectivity index (χ3v) is 4.49. The molecular weight excluding hydrogens is 432 g/mol. The van der Waals surface area contributed by atoms with Crippen molar-refractivity contribution in [1.29, 1.82) is 0 Å². The van der Waals surface area contributed by atoms with E-state index in [1.807, 2.05) is 79.7 Å². The summed E-state index contributed by atoms with van der Waals surface area (Å²) in [6.07, 6.45) is 1.54. The van der Waals surface area contributed by atoms with E-state index in [9.17, 15) is 4.79 Å². The van der Waals surface area contributed by atoms with Gasteiger partial charge in [0.25, 0.3) is 5.91 Å². The van der Waals surface area contributed by atoms with Gasteiger partial charge in [0.2, 0.25) is 0 Å². The maximum atomic E-state index is 12.0. The fourth-order valence-electron chi connectivity index (χ4n) is 2.64. The van der Waals surface area contributed by atoms with Gasteiger partial charge in [-0.25, -0.2) is 5.43 Å². The summed E-state index contributed by atoms with van der Waals surface area (Å²) in [5.41, 5.74) is 5.44. The van der Waals surface area contributed by atoms with Crippen LogP contribution < -0.4 is 14.9 Å². The second-order valence-electron chi connectivity index (χ2n) is 6.09. The van der Waals surface area contributed by atoms with E-state index in [0.717, 1.165) is 21.2 Å². The van der Waals surface area contributed by atoms with Crippen molar-refractivity contribution in [1.82, 2.24) is 5.43 Å². The lowest BCUT2D eigenvalue weighted by Gasteiger charge is -2.08. The zero-order valence-corrected chi connectivity index (χ0v) is 17.6. The number of hydrogen-bond donors (Lipinski definition) is 1. The molecule has 148 valence electrons. The Kier molecular flexibility index (Phi) is 7.41. The summed E-state index contributed by atoms with van der Waals surface area (Å²) in [6.45, 7) is 2.33. The number of carbonyl (C=O) groups is 1. The predicted octanol–water partition coefficient (Wildman–Crippen LogP) is 5.04. The van der Waals surface area contributed by atoms with Crippen LogP contribution in [-0.4, -0.2) is 25.3 Å². The smallest absolute Gasteiger partial charge is 0.277 e. The molecule has 1 N–H and O–H groups in total. The SMILES string of the molecule is CCOc1ccc(Br)cc1/C=N\NC(=O)COc1ccc(-c2ccccc2)cc1. The largest absolute Gasteiger partial charge is 0.493 e. The number of halogens is 1. The number of nitrogens with one attached hydrogen (secondary N) is 1. The highest BCUT2D eigenvalue weighted by Crippen LogP contribution is 2.22. The fourth-order valence-corrected chi connectivity index (χ4v) is 3.02. The molecule has 6 heteroatoms. The third-order valence-electron chi connectivity index (χ3n) is 4.00. The monoisotopic (exact) mass is 452 g/mol. The lowest BCUT2D eigenvalue weighted by Crippen LogP contribution is -2.24. The van der Waals surface area contributed by atoms with Crippen LogP contribution in [0.1, 0.15) is 12.5 Å². The molecule has 5 nitrogen and oxygen atoms in total. The van der Waals surface area contributed by atoms with Crippen LogP contribution in [0.4, 0.5) is 0 Å². The van der Waals surface area contributed by atoms with Gasteiger partial charge in [0, 0.05) is 10.0 Å². The Bertz CT molecular complexity index is 973. The van der Waals surface area contributed by atoms with Gasteiger partial charge in [0.15, 0.2) is 6.61 Å². The molecule has 0 aliphatic heterocycles. The Morgan fingerprint density at radius 2 is 1.72 bits per heavy atom. The van der Waals surface area contributed by atoms with Gasteiger partial charge in [-0.2, -0.15) is 5.10 Å². The van der Waals surface area contributed by atoms with Crippen LogP contribution in [0.3, 0.4) is 0 Å². The standard InChI is InChI=1S/C23H21BrN2O3/c1-2-28-22-13-10-20(24)14-19(22)15-25-26-23(27)16-29-21-11-8-18(9-12-21)17-6-4-3-5-7-17/h3-15H,2,16H2,1H3,(H,26,27)/b25-15-. The van der Waals surface area contributed by atoms with Gasteiger partial charge in [-0.05, 0) is 48.4 Å². The normalized spacial score (nSPS) is 10.7. The quantitative estimate of drug-likeness (QED) is 0.384. The van der Waals surface area contributed by atoms with Gasteiger partial charge >= 0.3 is 0 Å². The Morgan fingerprint density at radius 1 is 1.00 bits per heavy atom. The number of ether oxygens (including phenoxy) is 2. The molecule has 3 aromatic rings. The molecule has 0 heterocycles. The first-order valence-electron chi connectivity index (χ1n) is 9.18. The minimum atomic E-state index is -0.346. The minimum absolute atomic E-state index is 0.126. The first-order chi connectivity index (χ1) is 14.2. The molecule has 3 aromatic carbocycles. The maximum Gasteiger partial charge on any atom is 0.277 e. The van der Waals surface area contributed by atoms with Crippen molar-refractivity contribution in [3.05, 3.63) is 82.8 Å². The van der Waals surface area contributed by atoms with Crippen molar-refractivity contribution >= 4 is 28.1 Å². The van der Waals surface area contributed by atoms with Gasteiger partial charge < -0.3 is 9.47 Å². The molecule has 0 radical (unpaired) electrons. The molecule has 0 aliphatic carbocycles. The first-order valence-corrected chi connectivity index (χ1v) is 9.97. The van der Waals surface area contributed by atoms with Crippen LogP contribution in [0.2, 0.25) is 0 Å². The minimum Gasteiger partial charge on any atom is -0.493 e. The summed E-state index contributed by atoms with van der Waals surface area (Å²) in [6, 6.07) is 23.3. The Labute approximate surface area is 178 Å². The van der Waals surface area contributed by atoms with Crippen LogP contribution in [0.25, 0.3) is 11.1 Å². The number of amides is 1. The van der Waals surface area contributed by atoms with Crippen molar-refractivity contribution in [3.63, 3.8) is 0 Å². The van der Waals surface area contributed by atoms with Crippen LogP contribution >= 0.6 is 15.9 Å². The van der Waals surface area contributed by atoms with E-state index in [-0.39, 0.29) is 12.5 Å². The summed E-state index contributed by atoms with van der Waals surface area (Å²) in [5.74, 6) is 0.972. The van der Waals surface area contributed by atoms with Crippen LogP contribution in [0.15, 0.2) is 82.4 Å². The van der Waals surface area contributed by atoms with E-state index in [0.29, 0.717) is 18.1 Å². The molecule has 0 saturated heterocycles. The van der Waals surface area contributed by atoms with E-state index >= 15 is 0 Å². The van der Waals surface area contributed by atoms with Gasteiger partial charge in [-0.1, -0.05) is 58.4 Å². The van der Waals surface area contributed by atoms with Gasteiger partial charge in [0.1, 0.15) is 11.5 Å². The summed E-state index contributed by atoms with van der Waals surface area (Å²) in [5, 5.41) is 3.99. The van der Waals surface area contributed by atoms with Crippen molar-refractivity contribution in [2.75, 3.05) is 13.2 Å². The average molecular weight is 453 g/mol. The summed E-state index contributed by atoms with van der Waals surface area (Å²) in [7, 11) is 0. The van der Waals surface area contributed by atoms with E-state index < -0.39 is 0 Å². The average Bonchev–Trinajstić information content (AvgIpc) is 2.75. The third kappa shape index (κ3) is 6.19. The highest BCUT2D eigenvalue weighted by molar-refractivity contribution is 9.10. The summed E-state index contributed by atoms with van der Waals surface area (Å²) >= 11 is 3.41. The molecule has 0 bridgehead atoms. The summed E-state index contributed by atoms with van der Waals surface area (Å²) in [4.78, 5) is 12.0. The topological polar surface area (TPSA) is 59.9 Å². The first kappa shape index (κ1) is 20.6. The Morgan fingerprint density at radius 3 is 2.45 bits per heavy atom. The molecule has 3 rings (SSSR count). The lowest BCUT2D eigenvalue weighted by molar-refractivity contribution is -0.123. The van der Waals surface area contributed by atoms with Crippen LogP contribution in [0.5, 0.6) is 11.5 Å². The van der Waals surface area contributed by atoms with Crippen molar-refractivity contribution in [2.24, 2.45) is 5.10 Å². The van der Waals surface area contributed by atoms with E-state index in [1.165, 1.54) is 0 Å². The molecule has 0 aromatic heterocycles. The molecule has 0 saturated carbocycles. The molecular formula is C23H21BrN2O3. The van der Waals surface area contributed by atoms with Gasteiger partial charge in [0.05, 0.1) is 12.8 Å². The molecule has 0 fully saturated rings. The van der Waals surface area contributed by atoms with Crippen molar-refractivity contribution < 1.29 is 14.3 Å².